The van der Waals surface area contributed by atoms with Crippen LogP contribution in [0.4, 0.5) is 5.82 Å². The fraction of sp³-hybridized carbons (Fsp3) is 0.333. The molecule has 0 atom stereocenters. The average molecular weight is 146 g/mol. The number of hydrogen-bond donors (Lipinski definition) is 0. The molecule has 2 heteroatoms. The first kappa shape index (κ1) is 6.65. The summed E-state index contributed by atoms with van der Waals surface area (Å²) < 4.78 is 0. The van der Waals surface area contributed by atoms with Gasteiger partial charge in [-0.15, -0.1) is 0 Å². The summed E-state index contributed by atoms with van der Waals surface area (Å²) in [6.07, 6.45) is 2.99. The highest BCUT2D eigenvalue weighted by Gasteiger charge is 2.14. The van der Waals surface area contributed by atoms with Crippen molar-refractivity contribution in [3.05, 3.63) is 30.8 Å². The zero-order chi connectivity index (χ0) is 7.68. The predicted molar refractivity (Wildman–Crippen MR) is 44.5 cm³/mol. The SMILES string of the molecule is [CH]c1ccc(N2CCC2)nc1. The second-order valence-corrected chi connectivity index (χ2v) is 2.79. The van der Waals surface area contributed by atoms with Crippen molar-refractivity contribution >= 4 is 5.82 Å². The molecule has 1 saturated heterocycles. The third-order valence-corrected chi connectivity index (χ3v) is 1.95. The molecule has 1 aromatic rings. The Morgan fingerprint density at radius 3 is 2.64 bits per heavy atom. The van der Waals surface area contributed by atoms with Crippen LogP contribution in [-0.2, 0) is 0 Å². The summed E-state index contributed by atoms with van der Waals surface area (Å²) in [6.45, 7) is 7.78. The highest BCUT2D eigenvalue weighted by Crippen LogP contribution is 2.16. The minimum atomic E-state index is 0.731. The maximum Gasteiger partial charge on any atom is 0.128 e. The Kier molecular flexibility index (Phi) is 1.53. The van der Waals surface area contributed by atoms with E-state index in [1.807, 2.05) is 12.1 Å². The van der Waals surface area contributed by atoms with E-state index in [2.05, 4.69) is 9.88 Å². The first-order valence-electron chi connectivity index (χ1n) is 3.83. The highest BCUT2D eigenvalue weighted by molar-refractivity contribution is 5.41. The number of hydrogen-bond acceptors (Lipinski definition) is 2. The molecule has 2 heterocycles. The van der Waals surface area contributed by atoms with Crippen molar-refractivity contribution in [3.8, 4) is 0 Å². The lowest BCUT2D eigenvalue weighted by Gasteiger charge is -2.31. The van der Waals surface area contributed by atoms with E-state index < -0.39 is 0 Å². The van der Waals surface area contributed by atoms with Gasteiger partial charge >= 0.3 is 0 Å². The molecule has 1 aliphatic heterocycles. The van der Waals surface area contributed by atoms with Crippen molar-refractivity contribution < 1.29 is 0 Å². The summed E-state index contributed by atoms with van der Waals surface area (Å²) in [4.78, 5) is 6.44. The number of aromatic nitrogens is 1. The predicted octanol–water partition coefficient (Wildman–Crippen LogP) is 1.35. The molecule has 2 nitrogen and oxygen atoms in total. The quantitative estimate of drug-likeness (QED) is 0.594. The first-order chi connectivity index (χ1) is 5.36. The molecule has 56 valence electrons. The van der Waals surface area contributed by atoms with Crippen LogP contribution in [-0.4, -0.2) is 18.1 Å². The van der Waals surface area contributed by atoms with E-state index in [0.717, 1.165) is 24.5 Å². The van der Waals surface area contributed by atoms with E-state index in [1.165, 1.54) is 6.42 Å². The van der Waals surface area contributed by atoms with E-state index >= 15 is 0 Å². The fourth-order valence-electron chi connectivity index (χ4n) is 1.13. The molecule has 0 saturated carbocycles. The second-order valence-electron chi connectivity index (χ2n) is 2.79. The highest BCUT2D eigenvalue weighted by atomic mass is 15.2. The zero-order valence-corrected chi connectivity index (χ0v) is 6.33. The summed E-state index contributed by atoms with van der Waals surface area (Å²) in [7, 11) is 0. The van der Waals surface area contributed by atoms with Crippen LogP contribution < -0.4 is 4.90 Å². The molecule has 0 aliphatic carbocycles. The molecular weight excluding hydrogens is 136 g/mol. The Morgan fingerprint density at radius 1 is 1.36 bits per heavy atom. The van der Waals surface area contributed by atoms with Crippen LogP contribution in [0, 0.1) is 6.92 Å². The van der Waals surface area contributed by atoms with Crippen LogP contribution in [0.1, 0.15) is 12.0 Å². The van der Waals surface area contributed by atoms with E-state index in [0.29, 0.717) is 0 Å². The number of anilines is 1. The molecular formula is C9H10N2. The van der Waals surface area contributed by atoms with Crippen molar-refractivity contribution in [2.24, 2.45) is 0 Å². The Labute approximate surface area is 66.9 Å². The van der Waals surface area contributed by atoms with Crippen molar-refractivity contribution in [1.82, 2.24) is 4.98 Å². The fourth-order valence-corrected chi connectivity index (χ4v) is 1.13. The van der Waals surface area contributed by atoms with E-state index in [4.69, 9.17) is 6.92 Å². The van der Waals surface area contributed by atoms with Gasteiger partial charge in [0.2, 0.25) is 0 Å². The van der Waals surface area contributed by atoms with E-state index in [-0.39, 0.29) is 0 Å². The minimum absolute atomic E-state index is 0.731. The van der Waals surface area contributed by atoms with Gasteiger partial charge in [0.05, 0.1) is 0 Å². The van der Waals surface area contributed by atoms with Crippen molar-refractivity contribution in [2.75, 3.05) is 18.0 Å². The Morgan fingerprint density at radius 2 is 2.18 bits per heavy atom. The van der Waals surface area contributed by atoms with Gasteiger partial charge in [0.15, 0.2) is 0 Å². The number of pyridine rings is 1. The molecule has 0 amide bonds. The third kappa shape index (κ3) is 1.20. The van der Waals surface area contributed by atoms with Gasteiger partial charge in [-0.05, 0) is 18.1 Å². The standard InChI is InChI=1S/C9H10N2/c1-8-3-4-9(10-7-8)11-5-2-6-11/h1,3-4,7H,2,5-6H2. The van der Waals surface area contributed by atoms with Gasteiger partial charge < -0.3 is 4.90 Å². The summed E-state index contributed by atoms with van der Waals surface area (Å²) in [5.41, 5.74) is 0.731. The molecule has 2 rings (SSSR count). The number of nitrogens with zero attached hydrogens (tertiary/aromatic N) is 2. The Hall–Kier alpha value is -1.05. The van der Waals surface area contributed by atoms with Crippen LogP contribution in [0.3, 0.4) is 0 Å². The smallest absolute Gasteiger partial charge is 0.128 e. The molecule has 2 radical (unpaired) electrons. The largest absolute Gasteiger partial charge is 0.356 e. The normalized spacial score (nSPS) is 16.3. The summed E-state index contributed by atoms with van der Waals surface area (Å²) in [5.74, 6) is 1.05. The second kappa shape index (κ2) is 2.53. The van der Waals surface area contributed by atoms with E-state index in [9.17, 15) is 0 Å². The maximum atomic E-state index is 5.51. The summed E-state index contributed by atoms with van der Waals surface area (Å²) in [5, 5.41) is 0. The van der Waals surface area contributed by atoms with Gasteiger partial charge in [0.25, 0.3) is 0 Å². The zero-order valence-electron chi connectivity index (χ0n) is 6.33. The third-order valence-electron chi connectivity index (χ3n) is 1.95. The van der Waals surface area contributed by atoms with Crippen molar-refractivity contribution in [3.63, 3.8) is 0 Å². The summed E-state index contributed by atoms with van der Waals surface area (Å²) in [6, 6.07) is 3.86. The molecule has 0 spiro atoms. The molecule has 1 aliphatic rings. The van der Waals surface area contributed by atoms with Crippen molar-refractivity contribution in [2.45, 2.75) is 6.42 Å². The van der Waals surface area contributed by atoms with Crippen LogP contribution in [0.15, 0.2) is 18.3 Å². The molecule has 1 fully saturated rings. The molecule has 11 heavy (non-hydrogen) atoms. The van der Waals surface area contributed by atoms with Gasteiger partial charge in [-0.2, -0.15) is 0 Å². The lowest BCUT2D eigenvalue weighted by atomic mass is 10.2. The van der Waals surface area contributed by atoms with Crippen LogP contribution in [0.5, 0.6) is 0 Å². The number of rotatable bonds is 1. The Bertz CT molecular complexity index is 236. The topological polar surface area (TPSA) is 16.1 Å². The molecule has 0 unspecified atom stereocenters. The van der Waals surface area contributed by atoms with Crippen LogP contribution in [0.25, 0.3) is 0 Å². The van der Waals surface area contributed by atoms with Gasteiger partial charge in [-0.1, -0.05) is 6.07 Å². The van der Waals surface area contributed by atoms with Crippen LogP contribution >= 0.6 is 0 Å². The monoisotopic (exact) mass is 146 g/mol. The van der Waals surface area contributed by atoms with Crippen LogP contribution in [0.2, 0.25) is 0 Å². The molecule has 0 bridgehead atoms. The molecule has 0 aromatic carbocycles. The van der Waals surface area contributed by atoms with Crippen molar-refractivity contribution in [1.29, 1.82) is 0 Å². The minimum Gasteiger partial charge on any atom is -0.356 e. The van der Waals surface area contributed by atoms with Gasteiger partial charge in [0.1, 0.15) is 5.82 Å². The maximum absolute atomic E-state index is 5.51. The van der Waals surface area contributed by atoms with Gasteiger partial charge in [-0.25, -0.2) is 4.98 Å². The Balaban J connectivity index is 2.18. The lowest BCUT2D eigenvalue weighted by molar-refractivity contribution is 0.609. The molecule has 0 N–H and O–H groups in total. The van der Waals surface area contributed by atoms with Gasteiger partial charge in [-0.3, -0.25) is 0 Å². The summed E-state index contributed by atoms with van der Waals surface area (Å²) >= 11 is 0. The lowest BCUT2D eigenvalue weighted by Crippen LogP contribution is -2.37. The van der Waals surface area contributed by atoms with Gasteiger partial charge in [0, 0.05) is 26.2 Å². The van der Waals surface area contributed by atoms with E-state index in [1.54, 1.807) is 6.20 Å². The molecule has 1 aromatic heterocycles. The first-order valence-corrected chi connectivity index (χ1v) is 3.83. The average Bonchev–Trinajstić information content (AvgIpc) is 1.90.